The van der Waals surface area contributed by atoms with E-state index in [1.54, 1.807) is 0 Å². The molecule has 0 unspecified atom stereocenters. The molecule has 0 aliphatic rings. The number of halogens is 3. The van der Waals surface area contributed by atoms with Gasteiger partial charge in [-0.15, -0.1) is 30.6 Å². The van der Waals surface area contributed by atoms with E-state index in [4.69, 9.17) is 4.79 Å². The molecule has 0 heterocycles. The summed E-state index contributed by atoms with van der Waals surface area (Å²) in [5.41, 5.74) is 0. The molecule has 0 aliphatic heterocycles. The summed E-state index contributed by atoms with van der Waals surface area (Å²) in [4.78, 5) is 8.81. The van der Waals surface area contributed by atoms with Crippen LogP contribution >= 0.6 is 63.9 Å². The summed E-state index contributed by atoms with van der Waals surface area (Å²) >= 11 is 4.74. The van der Waals surface area contributed by atoms with E-state index in [1.807, 2.05) is 32.1 Å². The molecule has 0 atom stereocenters. The van der Waals surface area contributed by atoms with Gasteiger partial charge in [0.05, 0.1) is 0 Å². The summed E-state index contributed by atoms with van der Waals surface area (Å²) in [6, 6.07) is 0. The second kappa shape index (κ2) is 56.5. The van der Waals surface area contributed by atoms with E-state index in [0.29, 0.717) is 9.47 Å². The third-order valence-corrected chi connectivity index (χ3v) is 0.622. The third-order valence-electron chi connectivity index (χ3n) is 0.622. The molecule has 0 rings (SSSR count). The first-order valence-electron chi connectivity index (χ1n) is 4.16. The average Bonchev–Trinajstić information content (AvgIpc) is 2.20. The summed E-state index contributed by atoms with van der Waals surface area (Å²) < 4.78 is 0. The fourth-order valence-electron chi connectivity index (χ4n) is 0. The Kier molecular flexibility index (Phi) is 114. The minimum absolute atomic E-state index is 0. The van der Waals surface area contributed by atoms with E-state index >= 15 is 0 Å². The zero-order valence-electron chi connectivity index (χ0n) is 9.74. The number of carbonyl (C=O) groups is 1. The van der Waals surface area contributed by atoms with Crippen molar-refractivity contribution < 1.29 is 14.3 Å². The van der Waals surface area contributed by atoms with Gasteiger partial charge < -0.3 is 4.79 Å². The number of allylic oxidation sites excluding steroid dienone is 3. The molecule has 0 N–H and O–H groups in total. The molecule has 93 valence electrons. The van der Waals surface area contributed by atoms with Crippen molar-refractivity contribution in [3.05, 3.63) is 24.8 Å². The standard InChI is InChI=1S/2C4H8.C2H4O.3HI.V/c2*1-3-4-2;1-2-3;;;;/h3-4H,1-2H3;3H,1,4H2,2H3;2H,1H3;3*1H;/q;;;;;;+2/p-2. The van der Waals surface area contributed by atoms with Crippen LogP contribution in [0, 0.1) is 0 Å². The molecule has 0 amide bonds. The van der Waals surface area contributed by atoms with Crippen LogP contribution in [0.3, 0.4) is 0 Å². The summed E-state index contributed by atoms with van der Waals surface area (Å²) in [7, 11) is 0.628. The Hall–Kier alpha value is 1.92. The van der Waals surface area contributed by atoms with Crippen LogP contribution in [0.15, 0.2) is 24.8 Å². The summed E-state index contributed by atoms with van der Waals surface area (Å²) in [5.74, 6) is 0. The summed E-state index contributed by atoms with van der Waals surface area (Å²) in [6.07, 6.45) is 7.71. The van der Waals surface area contributed by atoms with Gasteiger partial charge >= 0.3 is 49.4 Å². The Morgan fingerprint density at radius 3 is 1.33 bits per heavy atom. The molecule has 0 aromatic rings. The summed E-state index contributed by atoms with van der Waals surface area (Å²) in [5, 5.41) is 0. The van der Waals surface area contributed by atoms with Crippen molar-refractivity contribution >= 4 is 70.2 Å². The van der Waals surface area contributed by atoms with Gasteiger partial charge in [0.1, 0.15) is 6.29 Å². The van der Waals surface area contributed by atoms with Gasteiger partial charge in [0, 0.05) is 0 Å². The molecule has 1 nitrogen and oxygen atoms in total. The van der Waals surface area contributed by atoms with Gasteiger partial charge in [-0.1, -0.05) is 25.2 Å². The normalized spacial score (nSPS) is 6.00. The van der Waals surface area contributed by atoms with Crippen LogP contribution in [0.4, 0.5) is 0 Å². The molecule has 0 aromatic carbocycles. The van der Waals surface area contributed by atoms with Gasteiger partial charge in [-0.05, 0) is 27.2 Å². The average molecular weight is 589 g/mol. The van der Waals surface area contributed by atoms with Crippen molar-refractivity contribution in [2.24, 2.45) is 0 Å². The predicted molar refractivity (Wildman–Crippen MR) is 96.2 cm³/mol. The second-order valence-corrected chi connectivity index (χ2v) is 13.5. The number of hydrogen-bond donors (Lipinski definition) is 0. The zero-order chi connectivity index (χ0) is 12.2. The van der Waals surface area contributed by atoms with Crippen molar-refractivity contribution in [2.45, 2.75) is 34.1 Å². The minimum atomic E-state index is 0. The van der Waals surface area contributed by atoms with Crippen LogP contribution < -0.4 is 0 Å². The van der Waals surface area contributed by atoms with Crippen LogP contribution in [-0.4, -0.2) is 6.29 Å². The van der Waals surface area contributed by atoms with Crippen LogP contribution in [-0.2, 0) is 14.3 Å². The van der Waals surface area contributed by atoms with E-state index in [-0.39, 0.29) is 24.0 Å². The first kappa shape index (κ1) is 30.2. The quantitative estimate of drug-likeness (QED) is 0.216. The summed E-state index contributed by atoms with van der Waals surface area (Å²) in [6.45, 7) is 11.0. The molecule has 0 bridgehead atoms. The molecular formula is C10H21I3OV. The molecule has 0 aromatic heterocycles. The molecule has 0 saturated heterocycles. The van der Waals surface area contributed by atoms with Crippen molar-refractivity contribution in [1.29, 1.82) is 0 Å². The van der Waals surface area contributed by atoms with Gasteiger partial charge in [-0.2, -0.15) is 0 Å². The van der Waals surface area contributed by atoms with Crippen molar-refractivity contribution in [1.82, 2.24) is 0 Å². The molecule has 0 radical (unpaired) electrons. The fraction of sp³-hybridized carbons (Fsp3) is 0.500. The maximum atomic E-state index is 8.81. The van der Waals surface area contributed by atoms with E-state index in [2.05, 4.69) is 53.5 Å². The molecule has 0 spiro atoms. The first-order valence-corrected chi connectivity index (χ1v) is 13.2. The molecular weight excluding hydrogens is 568 g/mol. The van der Waals surface area contributed by atoms with Gasteiger partial charge in [0.25, 0.3) is 0 Å². The van der Waals surface area contributed by atoms with E-state index in [1.165, 1.54) is 6.92 Å². The van der Waals surface area contributed by atoms with Crippen molar-refractivity contribution in [3.63, 3.8) is 0 Å². The van der Waals surface area contributed by atoms with E-state index in [0.717, 1.165) is 12.7 Å². The van der Waals surface area contributed by atoms with Crippen LogP contribution in [0.25, 0.3) is 0 Å². The Balaban J connectivity index is -0.0000000293. The van der Waals surface area contributed by atoms with E-state index in [9.17, 15) is 0 Å². The van der Waals surface area contributed by atoms with Crippen molar-refractivity contribution in [2.75, 3.05) is 0 Å². The fourth-order valence-corrected chi connectivity index (χ4v) is 0. The Bertz CT molecular complexity index is 105. The van der Waals surface area contributed by atoms with Gasteiger partial charge in [-0.3, -0.25) is 0 Å². The van der Waals surface area contributed by atoms with Crippen molar-refractivity contribution in [3.8, 4) is 0 Å². The van der Waals surface area contributed by atoms with Crippen LogP contribution in [0.5, 0.6) is 0 Å². The first-order chi connectivity index (χ1) is 6.66. The zero-order valence-corrected chi connectivity index (χ0v) is 17.8. The van der Waals surface area contributed by atoms with Gasteiger partial charge in [-0.25, -0.2) is 0 Å². The Labute approximate surface area is 141 Å². The molecule has 0 fully saturated rings. The molecule has 0 saturated carbocycles. The molecule has 5 heteroatoms. The predicted octanol–water partition coefficient (Wildman–Crippen LogP) is 5.76. The Morgan fingerprint density at radius 1 is 1.20 bits per heavy atom. The molecule has 15 heavy (non-hydrogen) atoms. The van der Waals surface area contributed by atoms with E-state index < -0.39 is 0 Å². The maximum absolute atomic E-state index is 8.81. The van der Waals surface area contributed by atoms with Gasteiger partial charge in [0.2, 0.25) is 0 Å². The number of carbonyl (C=O) groups excluding carboxylic acids is 1. The monoisotopic (exact) mass is 589 g/mol. The Morgan fingerprint density at radius 2 is 1.33 bits per heavy atom. The number of hydrogen-bond acceptors (Lipinski definition) is 1. The second-order valence-electron chi connectivity index (χ2n) is 1.66. The number of aldehydes is 1. The van der Waals surface area contributed by atoms with Gasteiger partial charge in [0.15, 0.2) is 0 Å². The van der Waals surface area contributed by atoms with Crippen LogP contribution in [0.1, 0.15) is 34.1 Å². The number of rotatable bonds is 1. The third kappa shape index (κ3) is 200. The molecule has 0 aliphatic carbocycles. The SMILES string of the molecule is C=CCC.CC=CC.CC=O.I.[I][V][I]. The topological polar surface area (TPSA) is 17.1 Å². The van der Waals surface area contributed by atoms with Crippen LogP contribution in [0.2, 0.25) is 0 Å².